The summed E-state index contributed by atoms with van der Waals surface area (Å²) < 4.78 is 6.46. The van der Waals surface area contributed by atoms with E-state index >= 15 is 0 Å². The van der Waals surface area contributed by atoms with Crippen molar-refractivity contribution >= 4 is 17.6 Å². The Kier molecular flexibility index (Phi) is 3.12. The summed E-state index contributed by atoms with van der Waals surface area (Å²) in [6.07, 6.45) is 0. The summed E-state index contributed by atoms with van der Waals surface area (Å²) in [6.45, 7) is 1.51. The van der Waals surface area contributed by atoms with Gasteiger partial charge in [-0.3, -0.25) is 9.20 Å². The number of hydrogen-bond acceptors (Lipinski definition) is 4. The number of aliphatic carboxylic acids is 1. The summed E-state index contributed by atoms with van der Waals surface area (Å²) in [5, 5.41) is 18.1. The van der Waals surface area contributed by atoms with E-state index in [4.69, 9.17) is 14.9 Å². The molecule has 1 atom stereocenters. The number of carboxylic acids is 2. The van der Waals surface area contributed by atoms with Gasteiger partial charge < -0.3 is 14.9 Å². The van der Waals surface area contributed by atoms with E-state index in [1.165, 1.54) is 18.4 Å². The molecule has 2 heterocycles. The van der Waals surface area contributed by atoms with E-state index in [0.29, 0.717) is 11.3 Å². The second kappa shape index (κ2) is 4.60. The van der Waals surface area contributed by atoms with Gasteiger partial charge in [-0.05, 0) is 19.1 Å². The Morgan fingerprint density at radius 3 is 2.58 bits per heavy atom. The van der Waals surface area contributed by atoms with Gasteiger partial charge in [0, 0.05) is 5.69 Å². The third-order valence-electron chi connectivity index (χ3n) is 2.84. The van der Waals surface area contributed by atoms with E-state index in [-0.39, 0.29) is 11.6 Å². The number of imidazole rings is 1. The molecule has 0 aromatic carbocycles. The zero-order chi connectivity index (χ0) is 14.2. The van der Waals surface area contributed by atoms with Crippen LogP contribution in [0.3, 0.4) is 0 Å². The maximum absolute atomic E-state index is 11.1. The van der Waals surface area contributed by atoms with Gasteiger partial charge in [0.25, 0.3) is 0 Å². The molecule has 0 fully saturated rings. The minimum atomic E-state index is -1.23. The molecule has 0 saturated heterocycles. The van der Waals surface area contributed by atoms with Crippen LogP contribution in [0, 0.1) is 0 Å². The number of carbonyl (C=O) groups is 2. The summed E-state index contributed by atoms with van der Waals surface area (Å²) in [5.41, 5.74) is 0.495. The first-order valence-corrected chi connectivity index (χ1v) is 5.48. The molecule has 2 rings (SSSR count). The molecule has 0 spiro atoms. The number of carboxylic acid groups (broad SMARTS) is 2. The van der Waals surface area contributed by atoms with Crippen LogP contribution < -0.4 is 4.74 Å². The number of pyridine rings is 1. The molecule has 0 radical (unpaired) electrons. The fraction of sp³-hybridized carbons (Fsp3) is 0.250. The van der Waals surface area contributed by atoms with Gasteiger partial charge in [-0.2, -0.15) is 0 Å². The lowest BCUT2D eigenvalue weighted by Crippen LogP contribution is -2.12. The molecule has 0 bridgehead atoms. The van der Waals surface area contributed by atoms with E-state index in [1.54, 1.807) is 18.2 Å². The highest BCUT2D eigenvalue weighted by Crippen LogP contribution is 2.26. The highest BCUT2D eigenvalue weighted by atomic mass is 16.5. The zero-order valence-electron chi connectivity index (χ0n) is 10.3. The monoisotopic (exact) mass is 264 g/mol. The fourth-order valence-electron chi connectivity index (χ4n) is 1.88. The molecule has 0 aliphatic rings. The van der Waals surface area contributed by atoms with Crippen LogP contribution in [0.5, 0.6) is 5.88 Å². The van der Waals surface area contributed by atoms with Crippen molar-refractivity contribution in [2.24, 2.45) is 0 Å². The van der Waals surface area contributed by atoms with E-state index in [2.05, 4.69) is 4.98 Å². The van der Waals surface area contributed by atoms with E-state index in [0.717, 1.165) is 0 Å². The smallest absolute Gasteiger partial charge is 0.360 e. The molecule has 0 saturated carbocycles. The van der Waals surface area contributed by atoms with E-state index in [9.17, 15) is 9.59 Å². The first kappa shape index (κ1) is 12.9. The first-order valence-electron chi connectivity index (χ1n) is 5.48. The van der Waals surface area contributed by atoms with Gasteiger partial charge in [-0.15, -0.1) is 0 Å². The number of methoxy groups -OCH3 is 1. The van der Waals surface area contributed by atoms with Gasteiger partial charge >= 0.3 is 11.9 Å². The van der Waals surface area contributed by atoms with Gasteiger partial charge in [-0.1, -0.05) is 6.07 Å². The van der Waals surface area contributed by atoms with Gasteiger partial charge in [0.1, 0.15) is 5.65 Å². The van der Waals surface area contributed by atoms with Crippen LogP contribution in [0.15, 0.2) is 18.2 Å². The molecule has 2 aromatic rings. The SMILES string of the molecule is COc1c(C(=O)O)nc2cccc(C(C)C(=O)O)n12. The van der Waals surface area contributed by atoms with Crippen LogP contribution in [0.4, 0.5) is 0 Å². The van der Waals surface area contributed by atoms with Crippen LogP contribution >= 0.6 is 0 Å². The minimum Gasteiger partial charge on any atom is -0.481 e. The molecular weight excluding hydrogens is 252 g/mol. The fourth-order valence-corrected chi connectivity index (χ4v) is 1.88. The molecular formula is C12H12N2O5. The third kappa shape index (κ3) is 1.99. The third-order valence-corrected chi connectivity index (χ3v) is 2.84. The van der Waals surface area contributed by atoms with Crippen molar-refractivity contribution in [3.63, 3.8) is 0 Å². The lowest BCUT2D eigenvalue weighted by atomic mass is 10.1. The van der Waals surface area contributed by atoms with Crippen molar-refractivity contribution in [3.05, 3.63) is 29.6 Å². The predicted molar refractivity (Wildman–Crippen MR) is 64.8 cm³/mol. The number of aromatic carboxylic acids is 1. The van der Waals surface area contributed by atoms with Gasteiger partial charge in [0.15, 0.2) is 0 Å². The highest BCUT2D eigenvalue weighted by Gasteiger charge is 2.24. The molecule has 1 unspecified atom stereocenters. The topological polar surface area (TPSA) is 101 Å². The second-order valence-corrected chi connectivity index (χ2v) is 3.98. The Morgan fingerprint density at radius 1 is 1.37 bits per heavy atom. The molecule has 7 heteroatoms. The average molecular weight is 264 g/mol. The maximum Gasteiger partial charge on any atom is 0.360 e. The van der Waals surface area contributed by atoms with Crippen molar-refractivity contribution in [2.45, 2.75) is 12.8 Å². The van der Waals surface area contributed by atoms with Gasteiger partial charge in [0.05, 0.1) is 13.0 Å². The lowest BCUT2D eigenvalue weighted by molar-refractivity contribution is -0.138. The number of aromatic nitrogens is 2. The Bertz CT molecular complexity index is 661. The standard InChI is InChI=1S/C12H12N2O5/c1-6(11(15)16)7-4-3-5-8-13-9(12(17)18)10(19-2)14(7)8/h3-6H,1-2H3,(H,15,16)(H,17,18). The Labute approximate surface area is 108 Å². The molecule has 7 nitrogen and oxygen atoms in total. The minimum absolute atomic E-state index is 0.0196. The number of ether oxygens (including phenoxy) is 1. The largest absolute Gasteiger partial charge is 0.481 e. The van der Waals surface area contributed by atoms with Crippen molar-refractivity contribution < 1.29 is 24.5 Å². The summed E-state index contributed by atoms with van der Waals surface area (Å²) in [7, 11) is 1.32. The lowest BCUT2D eigenvalue weighted by Gasteiger charge is -2.11. The van der Waals surface area contributed by atoms with Crippen molar-refractivity contribution in [1.29, 1.82) is 0 Å². The number of hydrogen-bond donors (Lipinski definition) is 2. The quantitative estimate of drug-likeness (QED) is 0.861. The van der Waals surface area contributed by atoms with Crippen molar-refractivity contribution in [2.75, 3.05) is 7.11 Å². The first-order chi connectivity index (χ1) is 8.97. The summed E-state index contributed by atoms with van der Waals surface area (Å²) in [5.74, 6) is -3.03. The van der Waals surface area contributed by atoms with Gasteiger partial charge in [0.2, 0.25) is 11.6 Å². The molecule has 2 aromatic heterocycles. The highest BCUT2D eigenvalue weighted by molar-refractivity contribution is 5.89. The molecule has 0 amide bonds. The molecule has 2 N–H and O–H groups in total. The Morgan fingerprint density at radius 2 is 2.05 bits per heavy atom. The number of rotatable bonds is 4. The van der Waals surface area contributed by atoms with Gasteiger partial charge in [-0.25, -0.2) is 9.78 Å². The summed E-state index contributed by atoms with van der Waals surface area (Å²) >= 11 is 0. The second-order valence-electron chi connectivity index (χ2n) is 3.98. The Hall–Kier alpha value is -2.57. The van der Waals surface area contributed by atoms with Crippen LogP contribution in [0.25, 0.3) is 5.65 Å². The van der Waals surface area contributed by atoms with Crippen LogP contribution in [-0.2, 0) is 4.79 Å². The molecule has 0 aliphatic heterocycles. The van der Waals surface area contributed by atoms with Crippen LogP contribution in [0.1, 0.15) is 29.0 Å². The van der Waals surface area contributed by atoms with Crippen LogP contribution in [0.2, 0.25) is 0 Å². The van der Waals surface area contributed by atoms with E-state index in [1.807, 2.05) is 0 Å². The maximum atomic E-state index is 11.1. The average Bonchev–Trinajstić information content (AvgIpc) is 2.76. The molecule has 0 aliphatic carbocycles. The summed E-state index contributed by atoms with van der Waals surface area (Å²) in [6, 6.07) is 4.82. The van der Waals surface area contributed by atoms with E-state index < -0.39 is 17.9 Å². The van der Waals surface area contributed by atoms with Crippen molar-refractivity contribution in [3.8, 4) is 5.88 Å². The van der Waals surface area contributed by atoms with Crippen molar-refractivity contribution in [1.82, 2.24) is 9.38 Å². The van der Waals surface area contributed by atoms with Crippen LogP contribution in [-0.4, -0.2) is 38.6 Å². The molecule has 19 heavy (non-hydrogen) atoms. The number of fused-ring (bicyclic) bond motifs is 1. The zero-order valence-corrected chi connectivity index (χ0v) is 10.3. The Balaban J connectivity index is 2.80. The molecule has 100 valence electrons. The normalized spacial score (nSPS) is 12.3. The summed E-state index contributed by atoms with van der Waals surface area (Å²) in [4.78, 5) is 26.1. The predicted octanol–water partition coefficient (Wildman–Crippen LogP) is 1.23. The number of nitrogens with zero attached hydrogens (tertiary/aromatic N) is 2.